The van der Waals surface area contributed by atoms with Crippen molar-refractivity contribution in [2.75, 3.05) is 62.6 Å². The minimum absolute atomic E-state index is 0.213. The van der Waals surface area contributed by atoms with Crippen LogP contribution in [0.3, 0.4) is 0 Å². The fraction of sp³-hybridized carbons (Fsp3) is 0.828. The molecule has 8 nitrogen and oxygen atoms in total. The van der Waals surface area contributed by atoms with E-state index in [9.17, 15) is 4.79 Å². The van der Waals surface area contributed by atoms with Crippen LogP contribution in [0.2, 0.25) is 0 Å². The van der Waals surface area contributed by atoms with Gasteiger partial charge in [-0.1, -0.05) is 32.1 Å². The maximum absolute atomic E-state index is 11.7. The largest absolute Gasteiger partial charge is 0.356 e. The minimum atomic E-state index is 0.213. The standard InChI is InChI=1S/C29H49N7O/c1-24(37)34-22-20-33(21-23-34)16-9-12-27-26(14-19-36(27)25-10-5-4-6-11-25)31-29-30-15-13-28(32-29)35-17-7-2-3-8-18-35/h13,15,25-27H,2-12,14,16-23H2,1H3,(H,30,31,32)/t26-,27+/m0/s1. The van der Waals surface area contributed by atoms with Gasteiger partial charge in [0, 0.05) is 77.1 Å². The molecule has 4 fully saturated rings. The third-order valence-electron chi connectivity index (χ3n) is 9.31. The molecule has 3 saturated heterocycles. The molecule has 4 aliphatic rings. The van der Waals surface area contributed by atoms with E-state index in [0.29, 0.717) is 12.1 Å². The SMILES string of the molecule is CC(=O)N1CCN(CCC[C@@H]2[C@@H](Nc3nccc(N4CCCCCC4)n3)CCN2C2CCCCC2)CC1. The summed E-state index contributed by atoms with van der Waals surface area (Å²) >= 11 is 0. The van der Waals surface area contributed by atoms with Crippen LogP contribution >= 0.6 is 0 Å². The number of piperazine rings is 1. The average Bonchev–Trinajstić information content (AvgIpc) is 3.12. The number of hydrogen-bond donors (Lipinski definition) is 1. The summed E-state index contributed by atoms with van der Waals surface area (Å²) in [5.74, 6) is 2.11. The topological polar surface area (TPSA) is 67.8 Å². The summed E-state index contributed by atoms with van der Waals surface area (Å²) in [5.41, 5.74) is 0. The van der Waals surface area contributed by atoms with Crippen LogP contribution < -0.4 is 10.2 Å². The Hall–Kier alpha value is -1.93. The van der Waals surface area contributed by atoms with Crippen molar-refractivity contribution in [3.63, 3.8) is 0 Å². The highest BCUT2D eigenvalue weighted by molar-refractivity contribution is 5.73. The fourth-order valence-electron chi connectivity index (χ4n) is 7.15. The second kappa shape index (κ2) is 13.2. The van der Waals surface area contributed by atoms with Crippen LogP contribution in [-0.2, 0) is 4.79 Å². The maximum atomic E-state index is 11.7. The molecule has 8 heteroatoms. The second-order valence-corrected chi connectivity index (χ2v) is 11.8. The van der Waals surface area contributed by atoms with Gasteiger partial charge < -0.3 is 15.1 Å². The number of carbonyl (C=O) groups excluding carboxylic acids is 1. The van der Waals surface area contributed by atoms with Gasteiger partial charge in [0.15, 0.2) is 0 Å². The van der Waals surface area contributed by atoms with E-state index >= 15 is 0 Å². The zero-order valence-electron chi connectivity index (χ0n) is 23.1. The first kappa shape index (κ1) is 26.7. The van der Waals surface area contributed by atoms with Gasteiger partial charge in [-0.05, 0) is 57.6 Å². The normalized spacial score (nSPS) is 26.8. The lowest BCUT2D eigenvalue weighted by molar-refractivity contribution is -0.130. The van der Waals surface area contributed by atoms with Crippen LogP contribution in [0.5, 0.6) is 0 Å². The molecular formula is C29H49N7O. The molecule has 1 N–H and O–H groups in total. The van der Waals surface area contributed by atoms with E-state index in [1.165, 1.54) is 83.6 Å². The second-order valence-electron chi connectivity index (χ2n) is 11.8. The predicted molar refractivity (Wildman–Crippen MR) is 150 cm³/mol. The average molecular weight is 512 g/mol. The summed E-state index contributed by atoms with van der Waals surface area (Å²) in [6.45, 7) is 10.0. The van der Waals surface area contributed by atoms with Gasteiger partial charge in [0.25, 0.3) is 0 Å². The van der Waals surface area contributed by atoms with Crippen molar-refractivity contribution < 1.29 is 4.79 Å². The molecule has 206 valence electrons. The van der Waals surface area contributed by atoms with E-state index in [1.54, 1.807) is 6.92 Å². The molecule has 4 heterocycles. The van der Waals surface area contributed by atoms with E-state index < -0.39 is 0 Å². The van der Waals surface area contributed by atoms with Gasteiger partial charge in [-0.25, -0.2) is 4.98 Å². The number of likely N-dealkylation sites (tertiary alicyclic amines) is 1. The summed E-state index contributed by atoms with van der Waals surface area (Å²) in [6, 6.07) is 3.79. The molecule has 0 unspecified atom stereocenters. The molecule has 0 aromatic carbocycles. The lowest BCUT2D eigenvalue weighted by Gasteiger charge is -2.38. The smallest absolute Gasteiger partial charge is 0.224 e. The zero-order chi connectivity index (χ0) is 25.5. The first-order valence-electron chi connectivity index (χ1n) is 15.3. The zero-order valence-corrected chi connectivity index (χ0v) is 23.1. The fourth-order valence-corrected chi connectivity index (χ4v) is 7.15. The van der Waals surface area contributed by atoms with E-state index in [0.717, 1.165) is 63.6 Å². The quantitative estimate of drug-likeness (QED) is 0.566. The number of rotatable bonds is 8. The monoisotopic (exact) mass is 511 g/mol. The lowest BCUT2D eigenvalue weighted by Crippen LogP contribution is -2.49. The molecule has 1 aliphatic carbocycles. The van der Waals surface area contributed by atoms with Gasteiger partial charge in [0.05, 0.1) is 0 Å². The molecule has 5 rings (SSSR count). The summed E-state index contributed by atoms with van der Waals surface area (Å²) in [7, 11) is 0. The Kier molecular flexibility index (Phi) is 9.54. The molecule has 0 spiro atoms. The van der Waals surface area contributed by atoms with Crippen molar-refractivity contribution in [1.82, 2.24) is 24.7 Å². The minimum Gasteiger partial charge on any atom is -0.356 e. The number of aromatic nitrogens is 2. The molecule has 37 heavy (non-hydrogen) atoms. The Labute approximate surface area is 224 Å². The van der Waals surface area contributed by atoms with Gasteiger partial charge in [-0.15, -0.1) is 0 Å². The number of anilines is 2. The Bertz CT molecular complexity index is 844. The van der Waals surface area contributed by atoms with E-state index in [2.05, 4.69) is 31.1 Å². The van der Waals surface area contributed by atoms with E-state index in [4.69, 9.17) is 4.98 Å². The Morgan fingerprint density at radius 3 is 2.38 bits per heavy atom. The number of nitrogens with one attached hydrogen (secondary N) is 1. The Morgan fingerprint density at radius 2 is 1.65 bits per heavy atom. The molecular weight excluding hydrogens is 462 g/mol. The summed E-state index contributed by atoms with van der Waals surface area (Å²) < 4.78 is 0. The van der Waals surface area contributed by atoms with Crippen molar-refractivity contribution in [3.8, 4) is 0 Å². The summed E-state index contributed by atoms with van der Waals surface area (Å²) in [5, 5.41) is 3.81. The molecule has 3 aliphatic heterocycles. The first-order valence-corrected chi connectivity index (χ1v) is 15.3. The summed E-state index contributed by atoms with van der Waals surface area (Å²) in [4.78, 5) is 31.2. The van der Waals surface area contributed by atoms with Gasteiger partial charge in [0.1, 0.15) is 5.82 Å². The van der Waals surface area contributed by atoms with Crippen LogP contribution in [0.1, 0.15) is 84.0 Å². The Morgan fingerprint density at radius 1 is 0.919 bits per heavy atom. The molecule has 0 radical (unpaired) electrons. The number of hydrogen-bond acceptors (Lipinski definition) is 7. The molecule has 0 bridgehead atoms. The lowest BCUT2D eigenvalue weighted by atomic mass is 9.92. The highest BCUT2D eigenvalue weighted by Crippen LogP contribution is 2.33. The molecule has 2 atom stereocenters. The van der Waals surface area contributed by atoms with Crippen molar-refractivity contribution in [2.45, 2.75) is 102 Å². The predicted octanol–water partition coefficient (Wildman–Crippen LogP) is 3.99. The number of amides is 1. The number of carbonyl (C=O) groups is 1. The molecule has 1 aromatic rings. The van der Waals surface area contributed by atoms with Gasteiger partial charge in [0.2, 0.25) is 11.9 Å². The highest BCUT2D eigenvalue weighted by atomic mass is 16.2. The van der Waals surface area contributed by atoms with Crippen molar-refractivity contribution in [3.05, 3.63) is 12.3 Å². The molecule has 1 amide bonds. The van der Waals surface area contributed by atoms with Crippen LogP contribution in [0.15, 0.2) is 12.3 Å². The van der Waals surface area contributed by atoms with Gasteiger partial charge in [-0.3, -0.25) is 14.6 Å². The maximum Gasteiger partial charge on any atom is 0.224 e. The van der Waals surface area contributed by atoms with E-state index in [-0.39, 0.29) is 5.91 Å². The van der Waals surface area contributed by atoms with Crippen molar-refractivity contribution >= 4 is 17.7 Å². The summed E-state index contributed by atoms with van der Waals surface area (Å²) in [6.07, 6.45) is 17.6. The molecule has 1 saturated carbocycles. The first-order chi connectivity index (χ1) is 18.2. The number of nitrogens with zero attached hydrogens (tertiary/aromatic N) is 6. The third-order valence-corrected chi connectivity index (χ3v) is 9.31. The Balaban J connectivity index is 1.20. The van der Waals surface area contributed by atoms with Crippen LogP contribution in [0, 0.1) is 0 Å². The highest BCUT2D eigenvalue weighted by Gasteiger charge is 2.38. The van der Waals surface area contributed by atoms with Crippen LogP contribution in [0.4, 0.5) is 11.8 Å². The van der Waals surface area contributed by atoms with Gasteiger partial charge in [-0.2, -0.15) is 4.98 Å². The molecule has 1 aromatic heterocycles. The third kappa shape index (κ3) is 7.14. The van der Waals surface area contributed by atoms with Crippen molar-refractivity contribution in [2.24, 2.45) is 0 Å². The van der Waals surface area contributed by atoms with Crippen LogP contribution in [0.25, 0.3) is 0 Å². The van der Waals surface area contributed by atoms with Gasteiger partial charge >= 0.3 is 0 Å². The van der Waals surface area contributed by atoms with E-state index in [1.807, 2.05) is 11.1 Å². The van der Waals surface area contributed by atoms with Crippen molar-refractivity contribution in [1.29, 1.82) is 0 Å². The van der Waals surface area contributed by atoms with Crippen LogP contribution in [-0.4, -0.2) is 101 Å².